The van der Waals surface area contributed by atoms with Gasteiger partial charge in [0.25, 0.3) is 0 Å². The summed E-state index contributed by atoms with van der Waals surface area (Å²) in [4.78, 5) is 14.7. The van der Waals surface area contributed by atoms with E-state index in [-0.39, 0.29) is 17.5 Å². The predicted octanol–water partition coefficient (Wildman–Crippen LogP) is 4.34. The minimum atomic E-state index is -0.309. The van der Waals surface area contributed by atoms with E-state index in [2.05, 4.69) is 22.4 Å². The highest BCUT2D eigenvalue weighted by atomic mass is 32.1. The zero-order valence-electron chi connectivity index (χ0n) is 15.1. The first-order valence-electron chi connectivity index (χ1n) is 9.62. The van der Waals surface area contributed by atoms with E-state index in [9.17, 15) is 9.18 Å². The summed E-state index contributed by atoms with van der Waals surface area (Å²) in [6.45, 7) is 2.50. The van der Waals surface area contributed by atoms with Crippen molar-refractivity contribution in [2.75, 3.05) is 19.6 Å². The maximum atomic E-state index is 13.0. The van der Waals surface area contributed by atoms with Gasteiger partial charge in [0.05, 0.1) is 0 Å². The molecule has 1 heterocycles. The summed E-state index contributed by atoms with van der Waals surface area (Å²) in [5, 5.41) is 4.18. The second kappa shape index (κ2) is 9.26. The molecule has 1 atom stereocenters. The van der Waals surface area contributed by atoms with E-state index >= 15 is 0 Å². The van der Waals surface area contributed by atoms with E-state index in [4.69, 9.17) is 12.2 Å². The summed E-state index contributed by atoms with van der Waals surface area (Å²) in [5.41, 5.74) is 0.603. The quantitative estimate of drug-likeness (QED) is 0.472. The largest absolute Gasteiger partial charge is 0.363 e. The Morgan fingerprint density at radius 1 is 1.19 bits per heavy atom. The van der Waals surface area contributed by atoms with Crippen LogP contribution in [-0.4, -0.2) is 35.4 Å². The van der Waals surface area contributed by atoms with Gasteiger partial charge in [-0.25, -0.2) is 4.39 Å². The van der Waals surface area contributed by atoms with Crippen LogP contribution in [0.3, 0.4) is 0 Å². The molecule has 0 radical (unpaired) electrons. The number of carbonyl (C=O) groups is 1. The summed E-state index contributed by atoms with van der Waals surface area (Å²) in [6, 6.07) is 5.86. The van der Waals surface area contributed by atoms with Gasteiger partial charge in [0.15, 0.2) is 10.9 Å². The fraction of sp³-hybridized carbons (Fsp3) is 0.524. The average Bonchev–Trinajstić information content (AvgIpc) is 2.69. The van der Waals surface area contributed by atoms with Crippen LogP contribution in [0.2, 0.25) is 0 Å². The summed E-state index contributed by atoms with van der Waals surface area (Å²) in [7, 11) is 0. The van der Waals surface area contributed by atoms with Crippen LogP contribution >= 0.6 is 12.2 Å². The molecule has 3 nitrogen and oxygen atoms in total. The van der Waals surface area contributed by atoms with Crippen LogP contribution in [0.1, 0.15) is 48.9 Å². The highest BCUT2D eigenvalue weighted by Gasteiger charge is 2.26. The van der Waals surface area contributed by atoms with Crippen LogP contribution in [0.4, 0.5) is 4.39 Å². The lowest BCUT2D eigenvalue weighted by molar-refractivity contribution is 0.0872. The minimum absolute atomic E-state index is 0.00638. The smallest absolute Gasteiger partial charge is 0.168 e. The van der Waals surface area contributed by atoms with Crippen molar-refractivity contribution < 1.29 is 9.18 Å². The summed E-state index contributed by atoms with van der Waals surface area (Å²) < 4.78 is 13.0. The van der Waals surface area contributed by atoms with Crippen molar-refractivity contribution >= 4 is 23.1 Å². The van der Waals surface area contributed by atoms with Crippen LogP contribution in [-0.2, 0) is 0 Å². The Hall–Kier alpha value is -1.75. The fourth-order valence-electron chi connectivity index (χ4n) is 3.79. The van der Waals surface area contributed by atoms with Gasteiger partial charge >= 0.3 is 0 Å². The zero-order chi connectivity index (χ0) is 18.4. The first-order valence-corrected chi connectivity index (χ1v) is 10.0. The first-order chi connectivity index (χ1) is 12.6. The van der Waals surface area contributed by atoms with Crippen molar-refractivity contribution in [2.45, 2.75) is 38.5 Å². The van der Waals surface area contributed by atoms with E-state index < -0.39 is 0 Å². The number of hydrogen-bond acceptors (Lipinski definition) is 2. The van der Waals surface area contributed by atoms with Gasteiger partial charge in [-0.2, -0.15) is 0 Å². The van der Waals surface area contributed by atoms with E-state index in [0.717, 1.165) is 44.0 Å². The fourth-order valence-corrected chi connectivity index (χ4v) is 4.08. The highest BCUT2D eigenvalue weighted by Crippen LogP contribution is 2.22. The van der Waals surface area contributed by atoms with Gasteiger partial charge in [0.2, 0.25) is 0 Å². The molecule has 0 bridgehead atoms. The van der Waals surface area contributed by atoms with E-state index in [1.807, 2.05) is 0 Å². The van der Waals surface area contributed by atoms with Crippen molar-refractivity contribution in [2.24, 2.45) is 11.8 Å². The second-order valence-corrected chi connectivity index (χ2v) is 7.66. The van der Waals surface area contributed by atoms with Gasteiger partial charge < -0.3 is 10.2 Å². The molecular weight excluding hydrogens is 347 g/mol. The number of ketones is 1. The Labute approximate surface area is 160 Å². The number of Topliss-reactive ketones (excluding diaryl/α,β-unsaturated/α-hetero) is 1. The van der Waals surface area contributed by atoms with Crippen molar-refractivity contribution in [3.63, 3.8) is 0 Å². The number of carbonyl (C=O) groups excluding carboxylic acids is 1. The molecule has 1 fully saturated rings. The number of likely N-dealkylation sites (tertiary alicyclic amines) is 1. The van der Waals surface area contributed by atoms with Gasteiger partial charge in [0.1, 0.15) is 5.82 Å². The SMILES string of the molecule is O=C(c1ccc(F)cc1)C1CCN(C(=S)NCC[C@H]2C=CCCC2)CC1. The molecule has 1 aromatic rings. The monoisotopic (exact) mass is 374 g/mol. The van der Waals surface area contributed by atoms with Crippen LogP contribution in [0.5, 0.6) is 0 Å². The molecule has 1 N–H and O–H groups in total. The van der Waals surface area contributed by atoms with E-state index in [1.165, 1.54) is 31.4 Å². The summed E-state index contributed by atoms with van der Waals surface area (Å²) in [6.07, 6.45) is 11.1. The Morgan fingerprint density at radius 2 is 1.92 bits per heavy atom. The summed E-state index contributed by atoms with van der Waals surface area (Å²) in [5.74, 6) is 0.495. The summed E-state index contributed by atoms with van der Waals surface area (Å²) >= 11 is 5.52. The lowest BCUT2D eigenvalue weighted by Gasteiger charge is -2.33. The number of thiocarbonyl (C=S) groups is 1. The van der Waals surface area contributed by atoms with Crippen molar-refractivity contribution in [3.8, 4) is 0 Å². The molecule has 1 aromatic carbocycles. The first kappa shape index (κ1) is 19.0. The molecule has 0 aromatic heterocycles. The normalized spacial score (nSPS) is 20.8. The second-order valence-electron chi connectivity index (χ2n) is 7.27. The molecule has 0 saturated carbocycles. The van der Waals surface area contributed by atoms with Crippen LogP contribution in [0, 0.1) is 17.7 Å². The third kappa shape index (κ3) is 5.13. The standard InChI is InChI=1S/C21H27FN2OS/c22-19-8-6-17(7-9-19)20(25)18-11-14-24(15-12-18)21(26)23-13-10-16-4-2-1-3-5-16/h2,4,6-9,16,18H,1,3,5,10-15H2,(H,23,26)/t16-/m0/s1. The zero-order valence-corrected chi connectivity index (χ0v) is 15.9. The molecule has 0 amide bonds. The number of piperidine rings is 1. The lowest BCUT2D eigenvalue weighted by Crippen LogP contribution is -2.45. The number of nitrogens with zero attached hydrogens (tertiary/aromatic N) is 1. The number of hydrogen-bond donors (Lipinski definition) is 1. The van der Waals surface area contributed by atoms with Crippen molar-refractivity contribution in [1.29, 1.82) is 0 Å². The minimum Gasteiger partial charge on any atom is -0.363 e. The Morgan fingerprint density at radius 3 is 2.58 bits per heavy atom. The molecule has 26 heavy (non-hydrogen) atoms. The third-order valence-corrected chi connectivity index (χ3v) is 5.83. The molecule has 1 aliphatic heterocycles. The van der Waals surface area contributed by atoms with Gasteiger partial charge in [0, 0.05) is 31.1 Å². The van der Waals surface area contributed by atoms with Gasteiger partial charge in [-0.3, -0.25) is 4.79 Å². The molecule has 1 saturated heterocycles. The number of rotatable bonds is 5. The topological polar surface area (TPSA) is 32.3 Å². The number of allylic oxidation sites excluding steroid dienone is 2. The molecule has 5 heteroatoms. The average molecular weight is 375 g/mol. The van der Waals surface area contributed by atoms with E-state index in [1.54, 1.807) is 12.1 Å². The molecule has 0 spiro atoms. The molecular formula is C21H27FN2OS. The Bertz CT molecular complexity index is 650. The Kier molecular flexibility index (Phi) is 6.78. The molecule has 3 rings (SSSR count). The molecule has 0 unspecified atom stereocenters. The van der Waals surface area contributed by atoms with Crippen LogP contribution in [0.15, 0.2) is 36.4 Å². The van der Waals surface area contributed by atoms with Crippen molar-refractivity contribution in [1.82, 2.24) is 10.2 Å². The number of benzene rings is 1. The third-order valence-electron chi connectivity index (χ3n) is 5.43. The van der Waals surface area contributed by atoms with Crippen LogP contribution < -0.4 is 5.32 Å². The van der Waals surface area contributed by atoms with E-state index in [0.29, 0.717) is 11.5 Å². The van der Waals surface area contributed by atoms with Gasteiger partial charge in [-0.05, 0) is 80.9 Å². The highest BCUT2D eigenvalue weighted by molar-refractivity contribution is 7.80. The maximum Gasteiger partial charge on any atom is 0.168 e. The number of halogens is 1. The number of nitrogens with one attached hydrogen (secondary N) is 1. The van der Waals surface area contributed by atoms with Crippen LogP contribution in [0.25, 0.3) is 0 Å². The van der Waals surface area contributed by atoms with Gasteiger partial charge in [-0.15, -0.1) is 0 Å². The maximum absolute atomic E-state index is 13.0. The van der Waals surface area contributed by atoms with Gasteiger partial charge in [-0.1, -0.05) is 12.2 Å². The molecule has 2 aliphatic rings. The molecule has 1 aliphatic carbocycles. The van der Waals surface area contributed by atoms with Crippen molar-refractivity contribution in [3.05, 3.63) is 47.8 Å². The molecule has 140 valence electrons. The Balaban J connectivity index is 1.40. The predicted molar refractivity (Wildman–Crippen MR) is 107 cm³/mol. The lowest BCUT2D eigenvalue weighted by atomic mass is 9.89.